The Labute approximate surface area is 108 Å². The second-order valence-electron chi connectivity index (χ2n) is 4.75. The van der Waals surface area contributed by atoms with Gasteiger partial charge in [0.2, 0.25) is 0 Å². The zero-order valence-electron chi connectivity index (χ0n) is 10.9. The molecule has 0 aromatic heterocycles. The maximum absolute atomic E-state index is 10.8. The van der Waals surface area contributed by atoms with Crippen LogP contribution in [0.25, 0.3) is 0 Å². The predicted octanol–water partition coefficient (Wildman–Crippen LogP) is 0.693. The van der Waals surface area contributed by atoms with Crippen LogP contribution in [-0.4, -0.2) is 45.6 Å². The van der Waals surface area contributed by atoms with Gasteiger partial charge in [0.05, 0.1) is 6.61 Å². The number of benzene rings is 1. The van der Waals surface area contributed by atoms with E-state index in [1.165, 1.54) is 0 Å². The van der Waals surface area contributed by atoms with E-state index in [9.17, 15) is 4.79 Å². The van der Waals surface area contributed by atoms with Crippen molar-refractivity contribution in [2.45, 2.75) is 13.0 Å². The Balaban J connectivity index is 1.92. The number of fused-ring (bicyclic) bond motifs is 1. The van der Waals surface area contributed by atoms with E-state index in [2.05, 4.69) is 4.90 Å². The lowest BCUT2D eigenvalue weighted by atomic mass is 9.78. The first kappa shape index (κ1) is 13.3. The summed E-state index contributed by atoms with van der Waals surface area (Å²) in [6, 6.07) is 5.60. The maximum atomic E-state index is 10.8. The molecule has 5 heteroatoms. The Morgan fingerprint density at radius 2 is 2.33 bits per heavy atom. The first-order chi connectivity index (χ1) is 8.70. The van der Waals surface area contributed by atoms with Crippen LogP contribution in [0.2, 0.25) is 0 Å². The molecule has 0 saturated carbocycles. The quantitative estimate of drug-likeness (QED) is 0.421. The third-order valence-electron chi connectivity index (χ3n) is 2.97. The van der Waals surface area contributed by atoms with Crippen LogP contribution in [0, 0.1) is 0 Å². The number of rotatable bonds is 6. The van der Waals surface area contributed by atoms with E-state index in [4.69, 9.17) is 9.31 Å². The normalized spacial score (nSPS) is 14.1. The first-order valence-electron chi connectivity index (χ1n) is 6.16. The summed E-state index contributed by atoms with van der Waals surface area (Å²) in [5.41, 5.74) is 2.77. The molecule has 1 aromatic rings. The predicted molar refractivity (Wildman–Crippen MR) is 71.1 cm³/mol. The van der Waals surface area contributed by atoms with Crippen LogP contribution >= 0.6 is 0 Å². The first-order valence-corrected chi connectivity index (χ1v) is 6.16. The maximum Gasteiger partial charge on any atom is 0.494 e. The number of hydrogen-bond donors (Lipinski definition) is 0. The van der Waals surface area contributed by atoms with Crippen LogP contribution in [0.15, 0.2) is 18.2 Å². The van der Waals surface area contributed by atoms with E-state index in [0.717, 1.165) is 30.3 Å². The van der Waals surface area contributed by atoms with Crippen molar-refractivity contribution in [1.82, 2.24) is 4.90 Å². The topological polar surface area (TPSA) is 38.8 Å². The molecular weight excluding hydrogens is 229 g/mol. The molecule has 0 unspecified atom stereocenters. The van der Waals surface area contributed by atoms with Gasteiger partial charge in [-0.05, 0) is 38.1 Å². The minimum absolute atomic E-state index is 0.318. The molecule has 18 heavy (non-hydrogen) atoms. The van der Waals surface area contributed by atoms with Crippen molar-refractivity contribution in [2.24, 2.45) is 0 Å². The third kappa shape index (κ3) is 3.19. The van der Waals surface area contributed by atoms with Gasteiger partial charge in [0.15, 0.2) is 0 Å². The van der Waals surface area contributed by atoms with Gasteiger partial charge in [-0.25, -0.2) is 0 Å². The summed E-state index contributed by atoms with van der Waals surface area (Å²) in [5.74, 6) is 0. The molecule has 4 nitrogen and oxygen atoms in total. The fourth-order valence-electron chi connectivity index (χ4n) is 2.00. The zero-order valence-corrected chi connectivity index (χ0v) is 10.9. The third-order valence-corrected chi connectivity index (χ3v) is 2.97. The minimum Gasteiger partial charge on any atom is -0.407 e. The number of carbonyl (C=O) groups excluding carboxylic acids is 1. The van der Waals surface area contributed by atoms with E-state index in [1.54, 1.807) is 0 Å². The molecule has 96 valence electrons. The van der Waals surface area contributed by atoms with Crippen LogP contribution in [0.4, 0.5) is 0 Å². The second-order valence-corrected chi connectivity index (χ2v) is 4.75. The SMILES string of the molecule is CN(C)CCCOB1OCc2ccc(C=O)cc21. The van der Waals surface area contributed by atoms with E-state index in [0.29, 0.717) is 18.8 Å². The fourth-order valence-corrected chi connectivity index (χ4v) is 2.00. The number of nitrogens with zero attached hydrogens (tertiary/aromatic N) is 1. The van der Waals surface area contributed by atoms with Gasteiger partial charge in [0, 0.05) is 12.2 Å². The number of aldehydes is 1. The largest absolute Gasteiger partial charge is 0.494 e. The smallest absolute Gasteiger partial charge is 0.407 e. The molecule has 1 aromatic carbocycles. The summed E-state index contributed by atoms with van der Waals surface area (Å²) >= 11 is 0. The van der Waals surface area contributed by atoms with E-state index < -0.39 is 0 Å². The Kier molecular flexibility index (Phi) is 4.52. The highest BCUT2D eigenvalue weighted by Gasteiger charge is 2.30. The molecule has 0 bridgehead atoms. The Bertz CT molecular complexity index is 423. The van der Waals surface area contributed by atoms with Crippen molar-refractivity contribution in [3.63, 3.8) is 0 Å². The lowest BCUT2D eigenvalue weighted by molar-refractivity contribution is 0.112. The van der Waals surface area contributed by atoms with Crippen molar-refractivity contribution < 1.29 is 14.1 Å². The van der Waals surface area contributed by atoms with Crippen molar-refractivity contribution in [1.29, 1.82) is 0 Å². The van der Waals surface area contributed by atoms with E-state index >= 15 is 0 Å². The molecule has 1 heterocycles. The Morgan fingerprint density at radius 1 is 1.50 bits per heavy atom. The van der Waals surface area contributed by atoms with Gasteiger partial charge in [0.25, 0.3) is 0 Å². The average Bonchev–Trinajstić information content (AvgIpc) is 2.76. The summed E-state index contributed by atoms with van der Waals surface area (Å²) in [7, 11) is 3.76. The van der Waals surface area contributed by atoms with Crippen LogP contribution in [0.3, 0.4) is 0 Å². The second kappa shape index (κ2) is 6.13. The molecular formula is C13H18BNO3. The van der Waals surface area contributed by atoms with Crippen molar-refractivity contribution >= 4 is 18.9 Å². The average molecular weight is 247 g/mol. The molecule has 0 amide bonds. The monoisotopic (exact) mass is 247 g/mol. The van der Waals surface area contributed by atoms with Crippen LogP contribution < -0.4 is 5.46 Å². The fraction of sp³-hybridized carbons (Fsp3) is 0.462. The Hall–Kier alpha value is -1.17. The van der Waals surface area contributed by atoms with Crippen LogP contribution in [-0.2, 0) is 15.9 Å². The summed E-state index contributed by atoms with van der Waals surface area (Å²) in [4.78, 5) is 12.9. The van der Waals surface area contributed by atoms with E-state index in [-0.39, 0.29) is 7.12 Å². The van der Waals surface area contributed by atoms with Gasteiger partial charge in [0.1, 0.15) is 6.29 Å². The Morgan fingerprint density at radius 3 is 3.06 bits per heavy atom. The van der Waals surface area contributed by atoms with Crippen molar-refractivity contribution in [3.8, 4) is 0 Å². The highest BCUT2D eigenvalue weighted by atomic mass is 16.6. The molecule has 0 atom stereocenters. The van der Waals surface area contributed by atoms with Crippen molar-refractivity contribution in [2.75, 3.05) is 27.2 Å². The van der Waals surface area contributed by atoms with Crippen LogP contribution in [0.5, 0.6) is 0 Å². The molecule has 0 fully saturated rings. The van der Waals surface area contributed by atoms with Crippen LogP contribution in [0.1, 0.15) is 22.3 Å². The summed E-state index contributed by atoms with van der Waals surface area (Å²) in [6.07, 6.45) is 1.82. The van der Waals surface area contributed by atoms with Gasteiger partial charge >= 0.3 is 7.12 Å². The summed E-state index contributed by atoms with van der Waals surface area (Å²) in [6.45, 7) is 2.22. The number of hydrogen-bond acceptors (Lipinski definition) is 4. The van der Waals surface area contributed by atoms with E-state index in [1.807, 2.05) is 32.3 Å². The van der Waals surface area contributed by atoms with Gasteiger partial charge in [-0.1, -0.05) is 18.2 Å². The molecule has 1 aliphatic heterocycles. The molecule has 2 rings (SSSR count). The lowest BCUT2D eigenvalue weighted by Gasteiger charge is -2.11. The van der Waals surface area contributed by atoms with Gasteiger partial charge in [-0.2, -0.15) is 0 Å². The molecule has 0 spiro atoms. The minimum atomic E-state index is -0.318. The lowest BCUT2D eigenvalue weighted by Crippen LogP contribution is -2.33. The van der Waals surface area contributed by atoms with Crippen molar-refractivity contribution in [3.05, 3.63) is 29.3 Å². The molecule has 0 saturated heterocycles. The highest BCUT2D eigenvalue weighted by molar-refractivity contribution is 6.62. The standard InChI is InChI=1S/C13H18BNO3/c1-15(2)6-3-7-17-14-13-8-11(9-16)4-5-12(13)10-18-14/h4-5,8-9H,3,6-7,10H2,1-2H3. The summed E-state index contributed by atoms with van der Waals surface area (Å²) in [5, 5.41) is 0. The van der Waals surface area contributed by atoms with Gasteiger partial charge in [-0.3, -0.25) is 4.79 Å². The molecule has 1 aliphatic rings. The zero-order chi connectivity index (χ0) is 13.0. The van der Waals surface area contributed by atoms with Gasteiger partial charge < -0.3 is 14.2 Å². The van der Waals surface area contributed by atoms with Gasteiger partial charge in [-0.15, -0.1) is 0 Å². The highest BCUT2D eigenvalue weighted by Crippen LogP contribution is 2.12. The molecule has 0 N–H and O–H groups in total. The number of carbonyl (C=O) groups is 1. The molecule has 0 radical (unpaired) electrons. The molecule has 0 aliphatic carbocycles. The summed E-state index contributed by atoms with van der Waals surface area (Å²) < 4.78 is 11.3.